The molecule has 0 radical (unpaired) electrons. The third-order valence-electron chi connectivity index (χ3n) is 1.34. The van der Waals surface area contributed by atoms with Gasteiger partial charge in [0.2, 0.25) is 0 Å². The Morgan fingerprint density at radius 1 is 1.55 bits per heavy atom. The second-order valence-electron chi connectivity index (χ2n) is 2.19. The van der Waals surface area contributed by atoms with Gasteiger partial charge in [0.15, 0.2) is 0 Å². The van der Waals surface area contributed by atoms with Crippen LogP contribution in [0.4, 0.5) is 13.2 Å². The van der Waals surface area contributed by atoms with Crippen molar-refractivity contribution in [1.29, 1.82) is 0 Å². The molecule has 0 aliphatic carbocycles. The first kappa shape index (κ1) is 10.2. The van der Waals surface area contributed by atoms with Gasteiger partial charge in [-0.1, -0.05) is 6.92 Å². The molecule has 0 aromatic heterocycles. The molecule has 0 saturated carbocycles. The van der Waals surface area contributed by atoms with E-state index in [1.165, 1.54) is 0 Å². The molecule has 0 heterocycles. The number of aliphatic carboxylic acids is 1. The number of carboxylic acid groups (broad SMARTS) is 1. The maximum absolute atomic E-state index is 11.7. The van der Waals surface area contributed by atoms with Crippen molar-refractivity contribution in [1.82, 2.24) is 0 Å². The molecule has 3 nitrogen and oxygen atoms in total. The van der Waals surface area contributed by atoms with E-state index in [0.717, 1.165) is 6.92 Å². The summed E-state index contributed by atoms with van der Waals surface area (Å²) in [5, 5.41) is 8.09. The monoisotopic (exact) mass is 171 g/mol. The minimum Gasteiger partial charge on any atom is -0.480 e. The number of rotatable bonds is 2. The van der Waals surface area contributed by atoms with Crippen LogP contribution in [0.1, 0.15) is 6.92 Å². The average molecular weight is 171 g/mol. The first-order valence-electron chi connectivity index (χ1n) is 2.82. The molecule has 0 spiro atoms. The van der Waals surface area contributed by atoms with Crippen molar-refractivity contribution < 1.29 is 23.1 Å². The van der Waals surface area contributed by atoms with Gasteiger partial charge in [-0.25, -0.2) is 0 Å². The zero-order chi connectivity index (χ0) is 9.23. The summed E-state index contributed by atoms with van der Waals surface area (Å²) in [6, 6.07) is -1.88. The van der Waals surface area contributed by atoms with Crippen LogP contribution in [0.15, 0.2) is 0 Å². The van der Waals surface area contributed by atoms with Crippen molar-refractivity contribution in [3.8, 4) is 0 Å². The summed E-state index contributed by atoms with van der Waals surface area (Å²) in [6.45, 7) is 0.735. The zero-order valence-electron chi connectivity index (χ0n) is 5.72. The van der Waals surface area contributed by atoms with Crippen LogP contribution in [0.25, 0.3) is 0 Å². The number of alkyl halides is 3. The number of hydrogen-bond donors (Lipinski definition) is 2. The molecule has 6 heteroatoms. The summed E-state index contributed by atoms with van der Waals surface area (Å²) >= 11 is 0. The van der Waals surface area contributed by atoms with Crippen molar-refractivity contribution in [2.24, 2.45) is 11.7 Å². The molecule has 66 valence electrons. The van der Waals surface area contributed by atoms with Crippen LogP contribution in [0.5, 0.6) is 0 Å². The third-order valence-corrected chi connectivity index (χ3v) is 1.34. The molecule has 2 atom stereocenters. The van der Waals surface area contributed by atoms with Crippen molar-refractivity contribution in [2.45, 2.75) is 19.1 Å². The molecule has 11 heavy (non-hydrogen) atoms. The Morgan fingerprint density at radius 3 is 2.00 bits per heavy atom. The van der Waals surface area contributed by atoms with E-state index in [1.807, 2.05) is 0 Å². The fourth-order valence-corrected chi connectivity index (χ4v) is 0.417. The highest BCUT2D eigenvalue weighted by Crippen LogP contribution is 2.27. The SMILES string of the molecule is CC([C@H](N)C(=O)O)C(F)(F)F. The quantitative estimate of drug-likeness (QED) is 0.639. The first-order valence-corrected chi connectivity index (χ1v) is 2.82. The highest BCUT2D eigenvalue weighted by atomic mass is 19.4. The van der Waals surface area contributed by atoms with Gasteiger partial charge in [0.1, 0.15) is 6.04 Å². The lowest BCUT2D eigenvalue weighted by Gasteiger charge is -2.18. The third kappa shape index (κ3) is 2.75. The van der Waals surface area contributed by atoms with Gasteiger partial charge in [-0.3, -0.25) is 4.79 Å². The fraction of sp³-hybridized carbons (Fsp3) is 0.800. The van der Waals surface area contributed by atoms with Gasteiger partial charge in [0.05, 0.1) is 5.92 Å². The standard InChI is InChI=1S/C5H8F3NO2/c1-2(5(6,7)8)3(9)4(10)11/h2-3H,9H2,1H3,(H,10,11)/t2?,3-/m0/s1. The largest absolute Gasteiger partial charge is 0.480 e. The molecular weight excluding hydrogens is 163 g/mol. The van der Waals surface area contributed by atoms with E-state index in [-0.39, 0.29) is 0 Å². The van der Waals surface area contributed by atoms with Crippen molar-refractivity contribution in [3.05, 3.63) is 0 Å². The van der Waals surface area contributed by atoms with Gasteiger partial charge < -0.3 is 10.8 Å². The Balaban J connectivity index is 4.25. The smallest absolute Gasteiger partial charge is 0.393 e. The Kier molecular flexibility index (Phi) is 2.86. The van der Waals surface area contributed by atoms with Crippen molar-refractivity contribution in [2.75, 3.05) is 0 Å². The highest BCUT2D eigenvalue weighted by Gasteiger charge is 2.42. The lowest BCUT2D eigenvalue weighted by Crippen LogP contribution is -2.43. The van der Waals surface area contributed by atoms with E-state index in [0.29, 0.717) is 0 Å². The maximum atomic E-state index is 11.7. The zero-order valence-corrected chi connectivity index (χ0v) is 5.72. The van der Waals surface area contributed by atoms with E-state index in [1.54, 1.807) is 0 Å². The molecule has 0 aromatic rings. The molecule has 0 saturated heterocycles. The van der Waals surface area contributed by atoms with Crippen LogP contribution in [0.3, 0.4) is 0 Å². The summed E-state index contributed by atoms with van der Waals surface area (Å²) in [4.78, 5) is 9.96. The van der Waals surface area contributed by atoms with Gasteiger partial charge >= 0.3 is 12.1 Å². The maximum Gasteiger partial charge on any atom is 0.393 e. The topological polar surface area (TPSA) is 63.3 Å². The van der Waals surface area contributed by atoms with Gasteiger partial charge in [-0.05, 0) is 0 Å². The molecule has 3 N–H and O–H groups in total. The molecule has 0 rings (SSSR count). The molecular formula is C5H8F3NO2. The van der Waals surface area contributed by atoms with E-state index in [2.05, 4.69) is 0 Å². The second kappa shape index (κ2) is 3.08. The molecule has 0 aliphatic heterocycles. The Morgan fingerprint density at radius 2 is 1.91 bits per heavy atom. The van der Waals surface area contributed by atoms with E-state index < -0.39 is 24.1 Å². The number of nitrogens with two attached hydrogens (primary N) is 1. The van der Waals surface area contributed by atoms with Gasteiger partial charge in [0, 0.05) is 0 Å². The lowest BCUT2D eigenvalue weighted by molar-refractivity contribution is -0.182. The van der Waals surface area contributed by atoms with Crippen LogP contribution in [0, 0.1) is 5.92 Å². The summed E-state index contributed by atoms with van der Waals surface area (Å²) in [7, 11) is 0. The van der Waals surface area contributed by atoms with Crippen LogP contribution in [-0.2, 0) is 4.79 Å². The minimum absolute atomic E-state index is 0.735. The molecule has 0 bridgehead atoms. The number of carbonyl (C=O) groups is 1. The number of carboxylic acids is 1. The normalized spacial score (nSPS) is 17.5. The summed E-state index contributed by atoms with van der Waals surface area (Å²) < 4.78 is 35.1. The van der Waals surface area contributed by atoms with Crippen molar-refractivity contribution in [3.63, 3.8) is 0 Å². The summed E-state index contributed by atoms with van der Waals surface area (Å²) in [5.74, 6) is -3.66. The predicted octanol–water partition coefficient (Wildman–Crippen LogP) is 0.597. The molecule has 1 unspecified atom stereocenters. The number of halogens is 3. The second-order valence-corrected chi connectivity index (χ2v) is 2.19. The van der Waals surface area contributed by atoms with Gasteiger partial charge in [0.25, 0.3) is 0 Å². The molecule has 0 aliphatic rings. The molecule has 0 fully saturated rings. The van der Waals surface area contributed by atoms with E-state index in [9.17, 15) is 18.0 Å². The van der Waals surface area contributed by atoms with Crippen LogP contribution in [-0.4, -0.2) is 23.3 Å². The van der Waals surface area contributed by atoms with E-state index in [4.69, 9.17) is 10.8 Å². The van der Waals surface area contributed by atoms with Crippen LogP contribution >= 0.6 is 0 Å². The number of hydrogen-bond acceptors (Lipinski definition) is 2. The van der Waals surface area contributed by atoms with Gasteiger partial charge in [-0.2, -0.15) is 13.2 Å². The molecule has 0 amide bonds. The lowest BCUT2D eigenvalue weighted by atomic mass is 10.0. The Labute approximate surface area is 61.0 Å². The van der Waals surface area contributed by atoms with Gasteiger partial charge in [-0.15, -0.1) is 0 Å². The summed E-state index contributed by atoms with van der Waals surface area (Å²) in [5.41, 5.74) is 4.73. The molecule has 0 aromatic carbocycles. The van der Waals surface area contributed by atoms with E-state index >= 15 is 0 Å². The van der Waals surface area contributed by atoms with Crippen molar-refractivity contribution >= 4 is 5.97 Å². The van der Waals surface area contributed by atoms with Crippen LogP contribution < -0.4 is 5.73 Å². The highest BCUT2D eigenvalue weighted by molar-refractivity contribution is 5.73. The minimum atomic E-state index is -4.54. The summed E-state index contributed by atoms with van der Waals surface area (Å²) in [6.07, 6.45) is -4.54. The Hall–Kier alpha value is -0.780. The first-order chi connectivity index (χ1) is 4.76. The average Bonchev–Trinajstić information content (AvgIpc) is 1.82. The Bertz CT molecular complexity index is 156. The van der Waals surface area contributed by atoms with Crippen LogP contribution in [0.2, 0.25) is 0 Å². The fourth-order valence-electron chi connectivity index (χ4n) is 0.417. The predicted molar refractivity (Wildman–Crippen MR) is 30.8 cm³/mol.